The molecule has 1 heterocycles. The van der Waals surface area contributed by atoms with E-state index >= 15 is 0 Å². The van der Waals surface area contributed by atoms with Gasteiger partial charge in [0.2, 0.25) is 10.0 Å². The largest absolute Gasteiger partial charge is 0.381 e. The standard InChI is InChI=1S/C18H38N4O4S/c1-16(2)15-25-12-6-7-20-18(19-5)21-8-10-22(11-9-21)27(23,24)14-13-26-17(3)4/h16-17H,6-15H2,1-5H3,(H,19,20). The second-order valence-corrected chi connectivity index (χ2v) is 9.51. The summed E-state index contributed by atoms with van der Waals surface area (Å²) in [7, 11) is -1.51. The third-order valence-electron chi connectivity index (χ3n) is 4.14. The minimum atomic E-state index is -3.26. The molecule has 1 rings (SSSR count). The molecule has 0 aromatic carbocycles. The first-order valence-electron chi connectivity index (χ1n) is 9.89. The zero-order valence-electron chi connectivity index (χ0n) is 17.6. The summed E-state index contributed by atoms with van der Waals surface area (Å²) >= 11 is 0. The Labute approximate surface area is 165 Å². The van der Waals surface area contributed by atoms with E-state index in [0.717, 1.165) is 32.1 Å². The Kier molecular flexibility index (Phi) is 11.2. The molecule has 0 spiro atoms. The van der Waals surface area contributed by atoms with Crippen LogP contribution in [0.2, 0.25) is 0 Å². The Morgan fingerprint density at radius 3 is 2.33 bits per heavy atom. The topological polar surface area (TPSA) is 83.5 Å². The normalized spacial score (nSPS) is 17.1. The van der Waals surface area contributed by atoms with Crippen molar-refractivity contribution in [1.29, 1.82) is 0 Å². The number of hydrogen-bond acceptors (Lipinski definition) is 5. The van der Waals surface area contributed by atoms with E-state index in [9.17, 15) is 8.42 Å². The van der Waals surface area contributed by atoms with Crippen LogP contribution in [0.25, 0.3) is 0 Å². The lowest BCUT2D eigenvalue weighted by Crippen LogP contribution is -2.54. The molecular formula is C18H38N4O4S. The van der Waals surface area contributed by atoms with E-state index in [1.54, 1.807) is 11.4 Å². The Morgan fingerprint density at radius 2 is 1.78 bits per heavy atom. The van der Waals surface area contributed by atoms with E-state index in [0.29, 0.717) is 32.1 Å². The first-order valence-corrected chi connectivity index (χ1v) is 11.5. The molecule has 0 bridgehead atoms. The molecule has 8 nitrogen and oxygen atoms in total. The first-order chi connectivity index (χ1) is 12.8. The molecule has 0 unspecified atom stereocenters. The number of hydrogen-bond donors (Lipinski definition) is 1. The molecule has 27 heavy (non-hydrogen) atoms. The highest BCUT2D eigenvalue weighted by atomic mass is 32.2. The summed E-state index contributed by atoms with van der Waals surface area (Å²) in [4.78, 5) is 6.42. The van der Waals surface area contributed by atoms with Gasteiger partial charge in [-0.1, -0.05) is 13.8 Å². The highest BCUT2D eigenvalue weighted by molar-refractivity contribution is 7.89. The molecule has 160 valence electrons. The highest BCUT2D eigenvalue weighted by Gasteiger charge is 2.27. The van der Waals surface area contributed by atoms with Crippen molar-refractivity contribution in [3.05, 3.63) is 0 Å². The minimum Gasteiger partial charge on any atom is -0.381 e. The predicted octanol–water partition coefficient (Wildman–Crippen LogP) is 0.997. The Morgan fingerprint density at radius 1 is 1.11 bits per heavy atom. The van der Waals surface area contributed by atoms with Crippen molar-refractivity contribution in [3.63, 3.8) is 0 Å². The summed E-state index contributed by atoms with van der Waals surface area (Å²) in [5.41, 5.74) is 0. The fourth-order valence-corrected chi connectivity index (χ4v) is 4.01. The summed E-state index contributed by atoms with van der Waals surface area (Å²) in [5.74, 6) is 1.41. The van der Waals surface area contributed by atoms with Gasteiger partial charge in [0, 0.05) is 53.0 Å². The summed E-state index contributed by atoms with van der Waals surface area (Å²) in [6.45, 7) is 12.8. The lowest BCUT2D eigenvalue weighted by molar-refractivity contribution is 0.0904. The Hall–Kier alpha value is -0.900. The minimum absolute atomic E-state index is 0.0362. The second-order valence-electron chi connectivity index (χ2n) is 7.42. The van der Waals surface area contributed by atoms with Crippen LogP contribution in [0.15, 0.2) is 4.99 Å². The van der Waals surface area contributed by atoms with Gasteiger partial charge >= 0.3 is 0 Å². The number of ether oxygens (including phenoxy) is 2. The fourth-order valence-electron chi connectivity index (χ4n) is 2.72. The van der Waals surface area contributed by atoms with Crippen molar-refractivity contribution in [2.75, 3.05) is 65.3 Å². The average Bonchev–Trinajstić information content (AvgIpc) is 2.60. The van der Waals surface area contributed by atoms with Crippen LogP contribution in [0.4, 0.5) is 0 Å². The third-order valence-corrected chi connectivity index (χ3v) is 5.97. The molecular weight excluding hydrogens is 368 g/mol. The second kappa shape index (κ2) is 12.5. The van der Waals surface area contributed by atoms with Gasteiger partial charge in [-0.25, -0.2) is 8.42 Å². The molecule has 0 aromatic rings. The lowest BCUT2D eigenvalue weighted by Gasteiger charge is -2.35. The molecule has 9 heteroatoms. The van der Waals surface area contributed by atoms with Gasteiger partial charge in [0.25, 0.3) is 0 Å². The number of guanidine groups is 1. The van der Waals surface area contributed by atoms with E-state index in [1.165, 1.54) is 0 Å². The maximum absolute atomic E-state index is 12.4. The maximum atomic E-state index is 12.4. The molecule has 1 aliphatic rings. The van der Waals surface area contributed by atoms with Crippen LogP contribution in [0, 0.1) is 5.92 Å². The van der Waals surface area contributed by atoms with Gasteiger partial charge in [-0.15, -0.1) is 0 Å². The highest BCUT2D eigenvalue weighted by Crippen LogP contribution is 2.09. The molecule has 0 saturated carbocycles. The van der Waals surface area contributed by atoms with Crippen LogP contribution in [-0.2, 0) is 19.5 Å². The fraction of sp³-hybridized carbons (Fsp3) is 0.944. The summed E-state index contributed by atoms with van der Waals surface area (Å²) < 4.78 is 37.3. The van der Waals surface area contributed by atoms with E-state index in [4.69, 9.17) is 9.47 Å². The van der Waals surface area contributed by atoms with Gasteiger partial charge in [-0.05, 0) is 26.2 Å². The van der Waals surface area contributed by atoms with Crippen LogP contribution < -0.4 is 5.32 Å². The first kappa shape index (κ1) is 24.1. The molecule has 0 atom stereocenters. The zero-order chi connectivity index (χ0) is 20.3. The van der Waals surface area contributed by atoms with E-state index in [2.05, 4.69) is 29.1 Å². The van der Waals surface area contributed by atoms with Gasteiger partial charge in [-0.3, -0.25) is 4.99 Å². The van der Waals surface area contributed by atoms with E-state index in [-0.39, 0.29) is 18.5 Å². The number of sulfonamides is 1. The van der Waals surface area contributed by atoms with Crippen LogP contribution in [0.3, 0.4) is 0 Å². The SMILES string of the molecule is CN=C(NCCCOCC(C)C)N1CCN(S(=O)(=O)CCOC(C)C)CC1. The zero-order valence-corrected chi connectivity index (χ0v) is 18.4. The van der Waals surface area contributed by atoms with Gasteiger partial charge in [0.05, 0.1) is 18.5 Å². The van der Waals surface area contributed by atoms with Crippen molar-refractivity contribution in [3.8, 4) is 0 Å². The monoisotopic (exact) mass is 406 g/mol. The summed E-state index contributed by atoms with van der Waals surface area (Å²) in [6.07, 6.45) is 0.956. The van der Waals surface area contributed by atoms with Crippen molar-refractivity contribution in [1.82, 2.24) is 14.5 Å². The lowest BCUT2D eigenvalue weighted by atomic mass is 10.2. The Bertz CT molecular complexity index is 529. The predicted molar refractivity (Wildman–Crippen MR) is 110 cm³/mol. The van der Waals surface area contributed by atoms with Gasteiger partial charge < -0.3 is 19.7 Å². The molecule has 0 radical (unpaired) electrons. The summed E-state index contributed by atoms with van der Waals surface area (Å²) in [5, 5.41) is 3.34. The molecule has 0 aliphatic carbocycles. The molecule has 1 N–H and O–H groups in total. The number of piperazine rings is 1. The molecule has 1 fully saturated rings. The quantitative estimate of drug-likeness (QED) is 0.313. The van der Waals surface area contributed by atoms with Gasteiger partial charge in [0.1, 0.15) is 0 Å². The average molecular weight is 407 g/mol. The maximum Gasteiger partial charge on any atom is 0.216 e. The molecule has 1 aliphatic heterocycles. The van der Waals surface area contributed by atoms with Crippen LogP contribution >= 0.6 is 0 Å². The summed E-state index contributed by atoms with van der Waals surface area (Å²) in [6, 6.07) is 0. The smallest absolute Gasteiger partial charge is 0.216 e. The van der Waals surface area contributed by atoms with E-state index < -0.39 is 10.0 Å². The molecule has 0 aromatic heterocycles. The van der Waals surface area contributed by atoms with Crippen molar-refractivity contribution < 1.29 is 17.9 Å². The van der Waals surface area contributed by atoms with Crippen molar-refractivity contribution in [2.45, 2.75) is 40.2 Å². The van der Waals surface area contributed by atoms with Crippen molar-refractivity contribution in [2.24, 2.45) is 10.9 Å². The Balaban J connectivity index is 2.32. The molecule has 1 saturated heterocycles. The third kappa shape index (κ3) is 9.73. The molecule has 0 amide bonds. The number of rotatable bonds is 11. The van der Waals surface area contributed by atoms with Crippen LogP contribution in [0.1, 0.15) is 34.1 Å². The number of nitrogens with zero attached hydrogens (tertiary/aromatic N) is 3. The van der Waals surface area contributed by atoms with Crippen molar-refractivity contribution >= 4 is 16.0 Å². The van der Waals surface area contributed by atoms with Gasteiger partial charge in [-0.2, -0.15) is 4.31 Å². The van der Waals surface area contributed by atoms with E-state index in [1.807, 2.05) is 13.8 Å². The van der Waals surface area contributed by atoms with Crippen LogP contribution in [-0.4, -0.2) is 95.0 Å². The van der Waals surface area contributed by atoms with Crippen LogP contribution in [0.5, 0.6) is 0 Å². The number of aliphatic imine (C=N–C) groups is 1. The van der Waals surface area contributed by atoms with Gasteiger partial charge in [0.15, 0.2) is 5.96 Å². The number of nitrogens with one attached hydrogen (secondary N) is 1.